The Hall–Kier alpha value is -10.4. The molecular weight excluding hydrogens is 1260 g/mol. The third-order valence-electron chi connectivity index (χ3n) is 11.4. The van der Waals surface area contributed by atoms with Crippen LogP contribution in [0.15, 0.2) is 109 Å². The van der Waals surface area contributed by atoms with E-state index in [1.165, 1.54) is 69.8 Å². The Morgan fingerprint density at radius 2 is 0.725 bits per heavy atom. The molecule has 91 heavy (non-hydrogen) atoms. The van der Waals surface area contributed by atoms with E-state index in [1.807, 2.05) is 59.1 Å². The van der Waals surface area contributed by atoms with Crippen molar-refractivity contribution in [2.75, 3.05) is 105 Å². The van der Waals surface area contributed by atoms with Crippen molar-refractivity contribution in [2.24, 2.45) is 0 Å². The Kier molecular flexibility index (Phi) is 39.8. The maximum Gasteiger partial charge on any atom is 0.343 e. The number of anilines is 2. The Morgan fingerprint density at radius 3 is 1.01 bits per heavy atom. The number of aryl methyl sites for hydroxylation is 6. The van der Waals surface area contributed by atoms with Gasteiger partial charge in [0.1, 0.15) is 53.0 Å². The summed E-state index contributed by atoms with van der Waals surface area (Å²) in [6, 6.07) is 28.1. The summed E-state index contributed by atoms with van der Waals surface area (Å²) in [5, 5.41) is 61.9. The Balaban J connectivity index is 0.00000105. The molecule has 6 rings (SSSR count). The monoisotopic (exact) mass is 1340 g/mol. The Bertz CT molecular complexity index is 3230. The van der Waals surface area contributed by atoms with E-state index < -0.39 is 25.7 Å². The van der Waals surface area contributed by atoms with Gasteiger partial charge < -0.3 is 71.0 Å². The molecule has 0 unspecified atom stereocenters. The predicted octanol–water partition coefficient (Wildman–Crippen LogP) is 8.03. The van der Waals surface area contributed by atoms with Crippen molar-refractivity contribution in [3.63, 3.8) is 0 Å². The van der Waals surface area contributed by atoms with E-state index in [9.17, 15) is 59.6 Å². The van der Waals surface area contributed by atoms with Crippen molar-refractivity contribution in [1.29, 1.82) is 0 Å². The summed E-state index contributed by atoms with van der Waals surface area (Å²) in [5.74, 6) is 1.47. The number of benzene rings is 6. The molecule has 31 heteroatoms. The lowest BCUT2D eigenvalue weighted by atomic mass is 10.2. The van der Waals surface area contributed by atoms with Gasteiger partial charge in [-0.1, -0.05) is 28.1 Å². The predicted molar refractivity (Wildman–Crippen MR) is 345 cm³/mol. The highest BCUT2D eigenvalue weighted by Gasteiger charge is 2.14. The number of nitrogens with zero attached hydrogens (tertiary/aromatic N) is 4. The number of non-ortho nitro benzene ring substituents is 4. The summed E-state index contributed by atoms with van der Waals surface area (Å²) >= 11 is 2.90. The lowest BCUT2D eigenvalue weighted by Gasteiger charge is -2.09. The number of nitro groups is 4. The van der Waals surface area contributed by atoms with Gasteiger partial charge in [0.2, 0.25) is 0 Å². The number of alkyl halides is 1. The number of hydrogen-bond acceptors (Lipinski definition) is 24. The van der Waals surface area contributed by atoms with Crippen molar-refractivity contribution >= 4 is 73.8 Å². The van der Waals surface area contributed by atoms with E-state index in [1.54, 1.807) is 58.2 Å². The molecule has 0 saturated carbocycles. The summed E-state index contributed by atoms with van der Waals surface area (Å²) in [6.45, 7) is 13.2. The van der Waals surface area contributed by atoms with Gasteiger partial charge in [-0.3, -0.25) is 54.8 Å². The summed E-state index contributed by atoms with van der Waals surface area (Å²) < 4.78 is 35.1. The highest BCUT2D eigenvalue weighted by Crippen LogP contribution is 2.27. The third-order valence-corrected chi connectivity index (χ3v) is 11.8. The van der Waals surface area contributed by atoms with E-state index in [4.69, 9.17) is 40.3 Å². The first kappa shape index (κ1) is 80.6. The summed E-state index contributed by atoms with van der Waals surface area (Å²) in [6.07, 6.45) is 0. The average molecular weight is 1340 g/mol. The maximum absolute atomic E-state index is 10.9. The fourth-order valence-corrected chi connectivity index (χ4v) is 6.27. The Labute approximate surface area is 534 Å². The minimum Gasteiger partial charge on any atom is -0.507 e. The van der Waals surface area contributed by atoms with Gasteiger partial charge in [0.25, 0.3) is 34.6 Å². The Morgan fingerprint density at radius 1 is 0.440 bits per heavy atom. The quantitative estimate of drug-likeness (QED) is 0.00844. The number of amides is 2. The minimum absolute atomic E-state index is 0.0147. The lowest BCUT2D eigenvalue weighted by molar-refractivity contribution is -0.385. The summed E-state index contributed by atoms with van der Waals surface area (Å²) in [4.78, 5) is 82.3. The molecule has 0 bridgehead atoms. The summed E-state index contributed by atoms with van der Waals surface area (Å²) in [7, 11) is 9.37. The molecule has 9 N–H and O–H groups in total. The van der Waals surface area contributed by atoms with Gasteiger partial charge in [-0.15, -0.1) is 0 Å². The fraction of sp³-hybridized carbons (Fsp3) is 0.333. The van der Waals surface area contributed by atoms with Crippen LogP contribution in [0, 0.1) is 82.0 Å². The van der Waals surface area contributed by atoms with Gasteiger partial charge in [0, 0.05) is 75.0 Å². The number of nitrogens with one attached hydrogen (secondary N) is 4. The van der Waals surface area contributed by atoms with Crippen molar-refractivity contribution in [2.45, 2.75) is 41.5 Å². The molecule has 0 spiro atoms. The number of phenolic OH excluding ortho intramolecular Hbond substituents is 1. The van der Waals surface area contributed by atoms with Gasteiger partial charge in [-0.05, 0) is 125 Å². The SMILES string of the molecule is CNC(=O)COc1cc(N)ccc1C.CNC(=O)COc1cc([N+](=O)[O-])ccc1C.CNCCOc1cc(N)ccc1C.CNCCOc1cc([N+](=O)[O-])ccc1C.COC(=O)CBr.COC(=O)COc1cc([N+](=O)[O-])ccc1C.Cc1ccc([N+](=O)[O-])cc1O. The van der Waals surface area contributed by atoms with Gasteiger partial charge in [0.15, 0.2) is 19.8 Å². The van der Waals surface area contributed by atoms with Crippen LogP contribution < -0.4 is 56.4 Å². The normalized spacial score (nSPS) is 9.59. The van der Waals surface area contributed by atoms with E-state index >= 15 is 0 Å². The maximum atomic E-state index is 10.9. The van der Waals surface area contributed by atoms with Crippen LogP contribution in [0.2, 0.25) is 0 Å². The van der Waals surface area contributed by atoms with E-state index in [-0.39, 0.29) is 71.4 Å². The molecule has 0 aliphatic heterocycles. The van der Waals surface area contributed by atoms with E-state index in [0.29, 0.717) is 54.0 Å². The molecule has 496 valence electrons. The van der Waals surface area contributed by atoms with Crippen molar-refractivity contribution < 1.29 is 77.1 Å². The van der Waals surface area contributed by atoms with Gasteiger partial charge >= 0.3 is 11.9 Å². The number of nitrogen functional groups attached to an aromatic ring is 2. The molecule has 0 aromatic heterocycles. The first-order valence-corrected chi connectivity index (χ1v) is 28.1. The minimum atomic E-state index is -0.542. The number of esters is 2. The number of aromatic hydroxyl groups is 1. The first-order valence-electron chi connectivity index (χ1n) is 27.0. The third kappa shape index (κ3) is 34.1. The highest BCUT2D eigenvalue weighted by molar-refractivity contribution is 9.09. The number of rotatable bonds is 22. The highest BCUT2D eigenvalue weighted by atomic mass is 79.9. The van der Waals surface area contributed by atoms with E-state index in [0.717, 1.165) is 51.9 Å². The number of ether oxygens (including phenoxy) is 7. The van der Waals surface area contributed by atoms with Crippen LogP contribution in [0.5, 0.6) is 34.5 Å². The number of carbonyl (C=O) groups excluding carboxylic acids is 4. The standard InChI is InChI=1S/C10H12N2O4.C10H14N2O3.C10H14N2O2.C10H16N2O.C10H11NO5.C7H7NO3.C3H5BrO2/c1-7-3-4-8(12(14)15)5-9(7)16-6-10(13)11-2;1-8-3-4-9(12(13)14)7-10(8)15-6-5-11-2;1-7-3-4-8(11)5-9(7)14-6-10(13)12-2;1-8-3-4-9(11)7-10(8)13-6-5-12-2;1-7-3-4-8(11(13)14)5-9(7)16-6-10(12)15-2;1-5-2-3-6(8(10)11)4-7(5)9;1-6-3(5)2-4/h3-5H,6H2,1-2H3,(H,11,13);3-4,7,11H,5-6H2,1-2H3;3-5H,6,11H2,1-2H3,(H,12,13);3-4,7,12H,5-6,11H2,1-2H3;3-5H,6H2,1-2H3;2-4,9H,1H3;2H2,1H3. The largest absolute Gasteiger partial charge is 0.507 e. The van der Waals surface area contributed by atoms with Crippen LogP contribution in [0.1, 0.15) is 33.4 Å². The van der Waals surface area contributed by atoms with Crippen molar-refractivity contribution in [3.8, 4) is 34.5 Å². The van der Waals surface area contributed by atoms with Crippen LogP contribution >= 0.6 is 15.9 Å². The van der Waals surface area contributed by atoms with Gasteiger partial charge in [-0.2, -0.15) is 0 Å². The zero-order valence-electron chi connectivity index (χ0n) is 52.6. The molecule has 0 heterocycles. The number of halogens is 1. The smallest absolute Gasteiger partial charge is 0.343 e. The van der Waals surface area contributed by atoms with Crippen LogP contribution in [0.25, 0.3) is 0 Å². The number of hydrogen-bond donors (Lipinski definition) is 7. The molecule has 6 aromatic carbocycles. The molecule has 6 aromatic rings. The molecule has 0 atom stereocenters. The molecule has 2 amide bonds. The number of methoxy groups -OCH3 is 2. The number of phenols is 1. The number of carbonyl (C=O) groups is 4. The van der Waals surface area contributed by atoms with Gasteiger partial charge in [0.05, 0.1) is 58.2 Å². The molecule has 0 aliphatic rings. The van der Waals surface area contributed by atoms with Crippen LogP contribution in [-0.4, -0.2) is 142 Å². The second kappa shape index (κ2) is 44.9. The first-order chi connectivity index (χ1) is 43.0. The molecule has 0 fully saturated rings. The molecule has 30 nitrogen and oxygen atoms in total. The second-order valence-electron chi connectivity index (χ2n) is 18.3. The van der Waals surface area contributed by atoms with Crippen molar-refractivity contribution in [1.82, 2.24) is 21.3 Å². The van der Waals surface area contributed by atoms with E-state index in [2.05, 4.69) is 46.7 Å². The second-order valence-corrected chi connectivity index (χ2v) is 18.9. The zero-order valence-corrected chi connectivity index (χ0v) is 54.2. The van der Waals surface area contributed by atoms with Crippen molar-refractivity contribution in [3.05, 3.63) is 183 Å². The molecule has 0 aliphatic carbocycles. The fourth-order valence-electron chi connectivity index (χ4n) is 6.04. The van der Waals surface area contributed by atoms with Crippen LogP contribution in [0.3, 0.4) is 0 Å². The number of likely N-dealkylation sites (N-methyl/N-ethyl adjacent to an activating group) is 4. The number of nitro benzene ring substituents is 4. The lowest BCUT2D eigenvalue weighted by Crippen LogP contribution is -2.25. The zero-order chi connectivity index (χ0) is 69.2. The molecule has 0 saturated heterocycles. The molecular formula is C60H79BrN10O20. The van der Waals surface area contributed by atoms with Crippen LogP contribution in [0.4, 0.5) is 34.1 Å². The number of nitrogens with two attached hydrogens (primary N) is 2. The topological polar surface area (TPSA) is 426 Å². The van der Waals surface area contributed by atoms with Crippen LogP contribution in [-0.2, 0) is 28.7 Å². The van der Waals surface area contributed by atoms with Gasteiger partial charge in [-0.25, -0.2) is 4.79 Å². The average Bonchev–Trinajstić information content (AvgIpc) is 1.94. The molecule has 0 radical (unpaired) electrons. The summed E-state index contributed by atoms with van der Waals surface area (Å²) in [5.41, 5.74) is 17.5.